The molecule has 0 radical (unpaired) electrons. The van der Waals surface area contributed by atoms with E-state index in [0.29, 0.717) is 40.1 Å². The van der Waals surface area contributed by atoms with Gasteiger partial charge in [0.2, 0.25) is 0 Å². The van der Waals surface area contributed by atoms with E-state index in [-0.39, 0.29) is 68.3 Å². The molecule has 0 aliphatic carbocycles. The van der Waals surface area contributed by atoms with Gasteiger partial charge in [-0.25, -0.2) is 14.4 Å². The molecular formula is C47H47N6NaO12. The van der Waals surface area contributed by atoms with Crippen molar-refractivity contribution in [1.82, 2.24) is 19.8 Å². The first-order valence-electron chi connectivity index (χ1n) is 20.6. The second-order valence-corrected chi connectivity index (χ2v) is 16.8. The van der Waals surface area contributed by atoms with Crippen molar-refractivity contribution >= 4 is 48.1 Å². The van der Waals surface area contributed by atoms with Crippen LogP contribution in [0.2, 0.25) is 0 Å². The number of aliphatic hydroxyl groups is 2. The van der Waals surface area contributed by atoms with E-state index in [1.807, 2.05) is 60.7 Å². The minimum Gasteiger partial charge on any atom is -0.548 e. The number of carbonyl (C=O) groups is 6. The Bertz CT molecular complexity index is 2520. The zero-order valence-electron chi connectivity index (χ0n) is 36.4. The quantitative estimate of drug-likeness (QED) is 0.0419. The summed E-state index contributed by atoms with van der Waals surface area (Å²) < 4.78 is 16.1. The van der Waals surface area contributed by atoms with E-state index in [4.69, 9.17) is 25.7 Å². The van der Waals surface area contributed by atoms with Crippen molar-refractivity contribution in [2.45, 2.75) is 70.2 Å². The number of aromatic nitrogens is 2. The van der Waals surface area contributed by atoms with Gasteiger partial charge in [-0.2, -0.15) is 0 Å². The number of ether oxygens (including phenoxy) is 3. The molecule has 6 heterocycles. The summed E-state index contributed by atoms with van der Waals surface area (Å²) >= 11 is 0. The summed E-state index contributed by atoms with van der Waals surface area (Å²) in [6, 6.07) is 22.4. The number of nitrogens with two attached hydrogens (primary N) is 2. The standard InChI is InChI=1S/C30H29N3O6.C17H19N3O6.Na/c1-30(18-38-29(31)37)16-24-23(15-22-14-19(17-34)12-13-32-22)27(35)33(24)26(30)28(36)39-25(20-8-4-2-5-9-20)21-10-6-3-7-11-21;1-17(8-26-16(18)25)6-12-11(14(22)20(12)13(17)15(23)24)5-10-4-9(7-21)2-3-19-10;/h2-15,24-26,34H,16-18H2,1H3,(H2,31,37);2-5,12-13,21H,6-8H2,1H3,(H2,18,25)(H,23,24);/q;;+1/p-1/b23-15+;11-5+;/t24?,26-,30-;12?,13-,17-;/m00./s1. The summed E-state index contributed by atoms with van der Waals surface area (Å²) in [5.41, 5.74) is 13.1. The number of fused-ring (bicyclic) bond motifs is 2. The SMILES string of the molecule is C[C@@]1(COC(N)=O)CC2/C(=C\c3cc(CO)ccn3)C(=O)N2[C@H]1C(=O)OC(c1ccccc1)c1ccccc1.C[C@@]1(COC(N)=O)CC2/C(=C\c3cc(CO)ccn3)C(=O)N2[C@H]1C(=O)[O-].[Na+]. The number of nitrogens with zero attached hydrogens (tertiary/aromatic N) is 4. The van der Waals surface area contributed by atoms with Gasteiger partial charge in [0.1, 0.15) is 19.3 Å². The molecule has 4 aromatic rings. The van der Waals surface area contributed by atoms with Gasteiger partial charge in [0.25, 0.3) is 11.8 Å². The third-order valence-corrected chi connectivity index (χ3v) is 12.2. The van der Waals surface area contributed by atoms with E-state index in [9.17, 15) is 44.1 Å². The van der Waals surface area contributed by atoms with Crippen molar-refractivity contribution in [3.05, 3.63) is 142 Å². The smallest absolute Gasteiger partial charge is 0.548 e. The number of primary amides is 2. The molecule has 4 aliphatic heterocycles. The van der Waals surface area contributed by atoms with Crippen LogP contribution in [0.1, 0.15) is 66.4 Å². The normalized spacial score (nSPS) is 24.8. The van der Waals surface area contributed by atoms with E-state index in [2.05, 4.69) is 9.97 Å². The predicted molar refractivity (Wildman–Crippen MR) is 227 cm³/mol. The van der Waals surface area contributed by atoms with Crippen LogP contribution in [0.4, 0.5) is 9.59 Å². The first kappa shape index (κ1) is 49.0. The topological polar surface area (TPSA) is 278 Å². The molecule has 0 saturated carbocycles. The van der Waals surface area contributed by atoms with Crippen LogP contribution in [0.25, 0.3) is 12.2 Å². The van der Waals surface area contributed by atoms with Crippen LogP contribution in [-0.4, -0.2) is 103 Å². The maximum Gasteiger partial charge on any atom is 1.00 e. The van der Waals surface area contributed by atoms with E-state index in [0.717, 1.165) is 11.1 Å². The van der Waals surface area contributed by atoms with Gasteiger partial charge < -0.3 is 55.6 Å². The summed E-state index contributed by atoms with van der Waals surface area (Å²) in [6.07, 6.45) is 4.30. The van der Waals surface area contributed by atoms with Crippen LogP contribution >= 0.6 is 0 Å². The van der Waals surface area contributed by atoms with E-state index >= 15 is 0 Å². The Hall–Kier alpha value is -6.44. The molecule has 6 N–H and O–H groups in total. The number of aliphatic carboxylic acids is 1. The number of amides is 4. The van der Waals surface area contributed by atoms with Crippen molar-refractivity contribution in [3.8, 4) is 0 Å². The van der Waals surface area contributed by atoms with Gasteiger partial charge in [0, 0.05) is 34.4 Å². The van der Waals surface area contributed by atoms with Crippen LogP contribution in [0.5, 0.6) is 0 Å². The molecule has 4 amide bonds. The van der Waals surface area contributed by atoms with Crippen LogP contribution in [0.3, 0.4) is 0 Å². The van der Waals surface area contributed by atoms with E-state index in [1.165, 1.54) is 16.0 Å². The van der Waals surface area contributed by atoms with Crippen molar-refractivity contribution in [3.63, 3.8) is 0 Å². The Labute approximate surface area is 401 Å². The number of esters is 1. The minimum absolute atomic E-state index is 0. The molecular weight excluding hydrogens is 864 g/mol. The Kier molecular flexibility index (Phi) is 15.1. The van der Waals surface area contributed by atoms with Crippen molar-refractivity contribution < 1.29 is 87.9 Å². The van der Waals surface area contributed by atoms with Gasteiger partial charge in [0.15, 0.2) is 6.10 Å². The molecule has 19 heteroatoms. The van der Waals surface area contributed by atoms with Gasteiger partial charge in [-0.05, 0) is 71.5 Å². The Morgan fingerprint density at radius 2 is 1.14 bits per heavy atom. The number of pyridine rings is 2. The molecule has 2 aromatic carbocycles. The fourth-order valence-electron chi connectivity index (χ4n) is 9.11. The monoisotopic (exact) mass is 910 g/mol. The largest absolute Gasteiger partial charge is 1.00 e. The molecule has 0 spiro atoms. The number of hydrogen-bond donors (Lipinski definition) is 4. The van der Waals surface area contributed by atoms with Crippen LogP contribution < -0.4 is 46.1 Å². The van der Waals surface area contributed by atoms with E-state index < -0.39 is 71.1 Å². The minimum atomic E-state index is -1.41. The summed E-state index contributed by atoms with van der Waals surface area (Å²) in [5, 5.41) is 30.2. The molecule has 18 nitrogen and oxygen atoms in total. The fraction of sp³-hybridized carbons (Fsp3) is 0.319. The number of carbonyl (C=O) groups excluding carboxylic acids is 6. The van der Waals surface area contributed by atoms with Crippen molar-refractivity contribution in [1.29, 1.82) is 0 Å². The maximum atomic E-state index is 13.9. The Morgan fingerprint density at radius 3 is 1.53 bits per heavy atom. The van der Waals surface area contributed by atoms with Crippen LogP contribution in [0, 0.1) is 10.8 Å². The number of aliphatic hydroxyl groups excluding tert-OH is 2. The molecule has 4 saturated heterocycles. The summed E-state index contributed by atoms with van der Waals surface area (Å²) in [6.45, 7) is 2.71. The van der Waals surface area contributed by atoms with Gasteiger partial charge in [-0.15, -0.1) is 0 Å². The molecule has 8 rings (SSSR count). The van der Waals surface area contributed by atoms with Crippen molar-refractivity contribution in [2.75, 3.05) is 13.2 Å². The van der Waals surface area contributed by atoms with Crippen LogP contribution in [0.15, 0.2) is 108 Å². The molecule has 66 heavy (non-hydrogen) atoms. The number of rotatable bonds is 13. The average Bonchev–Trinajstić information content (AvgIpc) is 3.75. The van der Waals surface area contributed by atoms with Crippen LogP contribution in [-0.2, 0) is 46.6 Å². The zero-order chi connectivity index (χ0) is 46.6. The van der Waals surface area contributed by atoms with Crippen molar-refractivity contribution in [2.24, 2.45) is 22.3 Å². The number of benzene rings is 2. The molecule has 4 aliphatic rings. The van der Waals surface area contributed by atoms with Gasteiger partial charge in [0.05, 0.1) is 48.7 Å². The Balaban J connectivity index is 0.000000233. The number of hydrogen-bond acceptors (Lipinski definition) is 14. The predicted octanol–water partition coefficient (Wildman–Crippen LogP) is -0.829. The average molecular weight is 911 g/mol. The third kappa shape index (κ3) is 10.0. The molecule has 338 valence electrons. The summed E-state index contributed by atoms with van der Waals surface area (Å²) in [4.78, 5) is 85.0. The first-order valence-corrected chi connectivity index (χ1v) is 20.6. The summed E-state index contributed by atoms with van der Waals surface area (Å²) in [7, 11) is 0. The fourth-order valence-corrected chi connectivity index (χ4v) is 9.11. The van der Waals surface area contributed by atoms with Gasteiger partial charge in [-0.3, -0.25) is 19.6 Å². The molecule has 2 aromatic heterocycles. The number of carboxylic acids is 1. The van der Waals surface area contributed by atoms with E-state index in [1.54, 1.807) is 56.5 Å². The third-order valence-electron chi connectivity index (χ3n) is 12.2. The Morgan fingerprint density at radius 1 is 0.727 bits per heavy atom. The maximum absolute atomic E-state index is 13.9. The van der Waals surface area contributed by atoms with Gasteiger partial charge >= 0.3 is 47.7 Å². The molecule has 4 fully saturated rings. The molecule has 0 bridgehead atoms. The summed E-state index contributed by atoms with van der Waals surface area (Å²) in [5.74, 6) is -2.76. The molecule has 2 unspecified atom stereocenters. The number of β-lactam (4-membered cyclic amide) rings is 2. The van der Waals surface area contributed by atoms with Gasteiger partial charge in [-0.1, -0.05) is 74.5 Å². The second-order valence-electron chi connectivity index (χ2n) is 16.8. The number of carboxylic acid groups (broad SMARTS) is 1. The molecule has 6 atom stereocenters. The zero-order valence-corrected chi connectivity index (χ0v) is 38.4. The first-order chi connectivity index (χ1) is 31.1. The second kappa shape index (κ2) is 20.4.